The third-order valence-corrected chi connectivity index (χ3v) is 2.56. The molecule has 0 aliphatic rings. The van der Waals surface area contributed by atoms with Gasteiger partial charge in [-0.3, -0.25) is 10.1 Å². The molecule has 0 saturated carbocycles. The second-order valence-corrected chi connectivity index (χ2v) is 3.83. The van der Waals surface area contributed by atoms with Crippen LogP contribution < -0.4 is 0 Å². The average Bonchev–Trinajstić information content (AvgIpc) is 2.46. The Morgan fingerprint density at radius 1 is 1.05 bits per heavy atom. The van der Waals surface area contributed by atoms with E-state index in [2.05, 4.69) is 0 Å². The standard InChI is InChI=1S/C14H11NO4/c16-14(11-6-2-1-3-7-11)19-10-12-8-4-5-9-13(12)15(17)18/h1-9H,10H2. The van der Waals surface area contributed by atoms with Gasteiger partial charge in [0.15, 0.2) is 0 Å². The number of esters is 1. The van der Waals surface area contributed by atoms with Crippen molar-refractivity contribution in [1.29, 1.82) is 0 Å². The van der Waals surface area contributed by atoms with Crippen LogP contribution in [-0.4, -0.2) is 10.9 Å². The van der Waals surface area contributed by atoms with E-state index >= 15 is 0 Å². The van der Waals surface area contributed by atoms with Gasteiger partial charge in [0.05, 0.1) is 16.1 Å². The van der Waals surface area contributed by atoms with Crippen LogP contribution in [-0.2, 0) is 11.3 Å². The lowest BCUT2D eigenvalue weighted by Gasteiger charge is -2.05. The maximum absolute atomic E-state index is 11.7. The lowest BCUT2D eigenvalue weighted by molar-refractivity contribution is -0.385. The largest absolute Gasteiger partial charge is 0.457 e. The Labute approximate surface area is 109 Å². The first-order chi connectivity index (χ1) is 9.18. The first-order valence-electron chi connectivity index (χ1n) is 5.63. The maximum atomic E-state index is 11.7. The van der Waals surface area contributed by atoms with Gasteiger partial charge in [0.25, 0.3) is 5.69 Å². The molecule has 0 aliphatic carbocycles. The van der Waals surface area contributed by atoms with Crippen molar-refractivity contribution in [2.45, 2.75) is 6.61 Å². The third kappa shape index (κ3) is 3.16. The predicted octanol–water partition coefficient (Wildman–Crippen LogP) is 2.95. The quantitative estimate of drug-likeness (QED) is 0.479. The van der Waals surface area contributed by atoms with Gasteiger partial charge in [-0.05, 0) is 18.2 Å². The molecule has 0 heterocycles. The molecule has 0 radical (unpaired) electrons. The molecule has 0 spiro atoms. The molecule has 2 aromatic carbocycles. The van der Waals surface area contributed by atoms with Crippen LogP contribution in [0.3, 0.4) is 0 Å². The zero-order chi connectivity index (χ0) is 13.7. The van der Waals surface area contributed by atoms with E-state index < -0.39 is 10.9 Å². The first kappa shape index (κ1) is 12.8. The Balaban J connectivity index is 2.07. The smallest absolute Gasteiger partial charge is 0.338 e. The van der Waals surface area contributed by atoms with E-state index in [0.29, 0.717) is 11.1 Å². The molecule has 0 bridgehead atoms. The van der Waals surface area contributed by atoms with Gasteiger partial charge in [-0.15, -0.1) is 0 Å². The van der Waals surface area contributed by atoms with Crippen LogP contribution >= 0.6 is 0 Å². The highest BCUT2D eigenvalue weighted by Gasteiger charge is 2.14. The summed E-state index contributed by atoms with van der Waals surface area (Å²) < 4.78 is 5.06. The summed E-state index contributed by atoms with van der Waals surface area (Å²) in [6.45, 7) is -0.120. The summed E-state index contributed by atoms with van der Waals surface area (Å²) in [5.41, 5.74) is 0.737. The minimum absolute atomic E-state index is 0.0524. The van der Waals surface area contributed by atoms with Crippen LogP contribution in [0.5, 0.6) is 0 Å². The number of ether oxygens (including phenoxy) is 1. The second kappa shape index (κ2) is 5.77. The monoisotopic (exact) mass is 257 g/mol. The van der Waals surface area contributed by atoms with Gasteiger partial charge in [0.2, 0.25) is 0 Å². The van der Waals surface area contributed by atoms with Crippen molar-refractivity contribution < 1.29 is 14.5 Å². The Hall–Kier alpha value is -2.69. The SMILES string of the molecule is O=C(OCc1ccccc1[N+](=O)[O-])c1ccccc1. The number of nitro groups is 1. The van der Waals surface area contributed by atoms with Crippen LogP contribution in [0.2, 0.25) is 0 Å². The van der Waals surface area contributed by atoms with Gasteiger partial charge in [-0.1, -0.05) is 30.3 Å². The molecule has 96 valence electrons. The number of hydrogen-bond donors (Lipinski definition) is 0. The predicted molar refractivity (Wildman–Crippen MR) is 68.7 cm³/mol. The van der Waals surface area contributed by atoms with E-state index in [0.717, 1.165) is 0 Å². The number of nitro benzene ring substituents is 1. The van der Waals surface area contributed by atoms with Crippen LogP contribution in [0, 0.1) is 10.1 Å². The van der Waals surface area contributed by atoms with E-state index in [-0.39, 0.29) is 12.3 Å². The van der Waals surface area contributed by atoms with Crippen LogP contribution in [0.15, 0.2) is 54.6 Å². The van der Waals surface area contributed by atoms with Crippen molar-refractivity contribution in [2.75, 3.05) is 0 Å². The summed E-state index contributed by atoms with van der Waals surface area (Å²) >= 11 is 0. The van der Waals surface area contributed by atoms with E-state index in [4.69, 9.17) is 4.74 Å². The summed E-state index contributed by atoms with van der Waals surface area (Å²) in [5.74, 6) is -0.501. The Kier molecular flexibility index (Phi) is 3.87. The van der Waals surface area contributed by atoms with E-state index in [1.54, 1.807) is 48.5 Å². The number of benzene rings is 2. The number of nitrogens with zero attached hydrogens (tertiary/aromatic N) is 1. The van der Waals surface area contributed by atoms with Gasteiger partial charge in [0, 0.05) is 6.07 Å². The van der Waals surface area contributed by atoms with E-state index in [9.17, 15) is 14.9 Å². The molecule has 0 aliphatic heterocycles. The lowest BCUT2D eigenvalue weighted by atomic mass is 10.2. The maximum Gasteiger partial charge on any atom is 0.338 e. The van der Waals surface area contributed by atoms with Crippen molar-refractivity contribution in [3.63, 3.8) is 0 Å². The van der Waals surface area contributed by atoms with Gasteiger partial charge in [0.1, 0.15) is 6.61 Å². The highest BCUT2D eigenvalue weighted by atomic mass is 16.6. The first-order valence-corrected chi connectivity index (χ1v) is 5.63. The van der Waals surface area contributed by atoms with Crippen LogP contribution in [0.25, 0.3) is 0 Å². The second-order valence-electron chi connectivity index (χ2n) is 3.83. The van der Waals surface area contributed by atoms with Gasteiger partial charge in [-0.25, -0.2) is 4.79 Å². The number of carbonyl (C=O) groups is 1. The topological polar surface area (TPSA) is 69.4 Å². The fraction of sp³-hybridized carbons (Fsp3) is 0.0714. The van der Waals surface area contributed by atoms with Crippen molar-refractivity contribution in [1.82, 2.24) is 0 Å². The molecule has 0 amide bonds. The van der Waals surface area contributed by atoms with Gasteiger partial charge in [-0.2, -0.15) is 0 Å². The minimum atomic E-state index is -0.501. The molecule has 0 aromatic heterocycles. The van der Waals surface area contributed by atoms with Crippen LogP contribution in [0.4, 0.5) is 5.69 Å². The van der Waals surface area contributed by atoms with E-state index in [1.165, 1.54) is 6.07 Å². The summed E-state index contributed by atoms with van der Waals surface area (Å²) in [5, 5.41) is 10.8. The molecule has 5 nitrogen and oxygen atoms in total. The molecule has 5 heteroatoms. The van der Waals surface area contributed by atoms with Crippen LogP contribution in [0.1, 0.15) is 15.9 Å². The van der Waals surface area contributed by atoms with Gasteiger partial charge < -0.3 is 4.74 Å². The lowest BCUT2D eigenvalue weighted by Crippen LogP contribution is -2.06. The highest BCUT2D eigenvalue weighted by molar-refractivity contribution is 5.89. The molecule has 19 heavy (non-hydrogen) atoms. The number of para-hydroxylation sites is 1. The minimum Gasteiger partial charge on any atom is -0.457 e. The highest BCUT2D eigenvalue weighted by Crippen LogP contribution is 2.18. The molecule has 0 saturated heterocycles. The molecule has 0 fully saturated rings. The number of hydrogen-bond acceptors (Lipinski definition) is 4. The fourth-order valence-corrected chi connectivity index (χ4v) is 1.61. The average molecular weight is 257 g/mol. The van der Waals surface area contributed by atoms with Gasteiger partial charge >= 0.3 is 5.97 Å². The summed E-state index contributed by atoms with van der Waals surface area (Å²) in [4.78, 5) is 22.0. The van der Waals surface area contributed by atoms with E-state index in [1.807, 2.05) is 0 Å². The summed E-state index contributed by atoms with van der Waals surface area (Å²) in [7, 11) is 0. The molecular formula is C14H11NO4. The van der Waals surface area contributed by atoms with Crippen molar-refractivity contribution >= 4 is 11.7 Å². The molecule has 0 N–H and O–H groups in total. The molecule has 2 aromatic rings. The molecular weight excluding hydrogens is 246 g/mol. The zero-order valence-electron chi connectivity index (χ0n) is 9.98. The fourth-order valence-electron chi connectivity index (χ4n) is 1.61. The van der Waals surface area contributed by atoms with Crippen molar-refractivity contribution in [3.05, 3.63) is 75.8 Å². The Bertz CT molecular complexity index is 595. The molecule has 0 atom stereocenters. The Morgan fingerprint density at radius 3 is 2.37 bits per heavy atom. The Morgan fingerprint density at radius 2 is 1.68 bits per heavy atom. The zero-order valence-corrected chi connectivity index (χ0v) is 9.98. The van der Waals surface area contributed by atoms with Crippen molar-refractivity contribution in [3.8, 4) is 0 Å². The normalized spacial score (nSPS) is 9.89. The summed E-state index contributed by atoms with van der Waals surface area (Å²) in [6.07, 6.45) is 0. The number of rotatable bonds is 4. The summed E-state index contributed by atoms with van der Waals surface area (Å²) in [6, 6.07) is 14.7. The van der Waals surface area contributed by atoms with Crippen molar-refractivity contribution in [2.24, 2.45) is 0 Å². The third-order valence-electron chi connectivity index (χ3n) is 2.56. The number of carbonyl (C=O) groups excluding carboxylic acids is 1. The molecule has 0 unspecified atom stereocenters. The molecule has 2 rings (SSSR count).